The van der Waals surface area contributed by atoms with Gasteiger partial charge in [0.05, 0.1) is 0 Å². The first kappa shape index (κ1) is 17.4. The molecule has 0 atom stereocenters. The zero-order chi connectivity index (χ0) is 19.3. The molecule has 0 unspecified atom stereocenters. The van der Waals surface area contributed by atoms with Crippen molar-refractivity contribution in [1.29, 1.82) is 5.26 Å². The van der Waals surface area contributed by atoms with Gasteiger partial charge in [0.2, 0.25) is 11.6 Å². The summed E-state index contributed by atoms with van der Waals surface area (Å²) in [4.78, 5) is 4.16. The quantitative estimate of drug-likeness (QED) is 0.453. The van der Waals surface area contributed by atoms with Crippen molar-refractivity contribution in [3.05, 3.63) is 78.7 Å². The normalized spacial score (nSPS) is 10.5. The number of hydrogen-bond acceptors (Lipinski definition) is 6. The van der Waals surface area contributed by atoms with Crippen LogP contribution < -0.4 is 10.1 Å². The fourth-order valence-corrected chi connectivity index (χ4v) is 2.77. The van der Waals surface area contributed by atoms with E-state index in [1.54, 1.807) is 18.2 Å². The van der Waals surface area contributed by atoms with Crippen molar-refractivity contribution < 1.29 is 13.6 Å². The van der Waals surface area contributed by atoms with Crippen molar-refractivity contribution in [2.24, 2.45) is 0 Å². The summed E-state index contributed by atoms with van der Waals surface area (Å²) < 4.78 is 17.2. The van der Waals surface area contributed by atoms with Crippen molar-refractivity contribution in [3.63, 3.8) is 0 Å². The standard InChI is InChI=1S/C22H17N3O3/c1-2-11-24-21-19(13-23)25-22(28-21)20-10-9-18(27-20)14-26-17-8-7-15-5-3-4-6-16(15)12-17/h2-10,12,24H,1,11,14H2. The van der Waals surface area contributed by atoms with E-state index in [9.17, 15) is 5.26 Å². The Morgan fingerprint density at radius 2 is 1.96 bits per heavy atom. The highest BCUT2D eigenvalue weighted by Crippen LogP contribution is 2.28. The lowest BCUT2D eigenvalue weighted by Gasteiger charge is -2.05. The van der Waals surface area contributed by atoms with E-state index in [-0.39, 0.29) is 18.2 Å². The molecule has 6 nitrogen and oxygen atoms in total. The third kappa shape index (κ3) is 3.60. The van der Waals surface area contributed by atoms with Gasteiger partial charge in [-0.2, -0.15) is 10.2 Å². The van der Waals surface area contributed by atoms with Crippen molar-refractivity contribution >= 4 is 16.7 Å². The SMILES string of the molecule is C=CCNc1oc(-c2ccc(COc3ccc4ccccc4c3)o2)nc1C#N. The molecule has 0 spiro atoms. The Morgan fingerprint density at radius 3 is 2.79 bits per heavy atom. The van der Waals surface area contributed by atoms with E-state index in [4.69, 9.17) is 13.6 Å². The van der Waals surface area contributed by atoms with Crippen LogP contribution in [0.2, 0.25) is 0 Å². The maximum Gasteiger partial charge on any atom is 0.266 e. The van der Waals surface area contributed by atoms with Crippen LogP contribution in [0.5, 0.6) is 5.75 Å². The van der Waals surface area contributed by atoms with Crippen molar-refractivity contribution in [2.45, 2.75) is 6.61 Å². The van der Waals surface area contributed by atoms with Crippen LogP contribution in [0.3, 0.4) is 0 Å². The van der Waals surface area contributed by atoms with Crippen LogP contribution in [0.25, 0.3) is 22.4 Å². The molecule has 28 heavy (non-hydrogen) atoms. The van der Waals surface area contributed by atoms with E-state index in [1.807, 2.05) is 42.5 Å². The molecule has 138 valence electrons. The zero-order valence-corrected chi connectivity index (χ0v) is 15.0. The summed E-state index contributed by atoms with van der Waals surface area (Å²) in [5.41, 5.74) is 0.169. The molecule has 0 bridgehead atoms. The maximum atomic E-state index is 9.18. The van der Waals surface area contributed by atoms with E-state index in [0.717, 1.165) is 16.5 Å². The Balaban J connectivity index is 1.47. The molecular weight excluding hydrogens is 354 g/mol. The predicted octanol–water partition coefficient (Wildman–Crippen LogP) is 5.14. The average molecular weight is 371 g/mol. The number of rotatable bonds is 7. The third-order valence-electron chi connectivity index (χ3n) is 4.11. The Labute approximate surface area is 161 Å². The number of furan rings is 1. The molecule has 6 heteroatoms. The Hall–Kier alpha value is -3.98. The fourth-order valence-electron chi connectivity index (χ4n) is 2.77. The minimum absolute atomic E-state index is 0.169. The smallest absolute Gasteiger partial charge is 0.266 e. The number of fused-ring (bicyclic) bond motifs is 1. The number of ether oxygens (including phenoxy) is 1. The van der Waals surface area contributed by atoms with Gasteiger partial charge in [-0.25, -0.2) is 0 Å². The number of nitriles is 1. The van der Waals surface area contributed by atoms with E-state index in [2.05, 4.69) is 22.9 Å². The third-order valence-corrected chi connectivity index (χ3v) is 4.11. The lowest BCUT2D eigenvalue weighted by Crippen LogP contribution is -1.97. The number of anilines is 1. The predicted molar refractivity (Wildman–Crippen MR) is 106 cm³/mol. The first-order chi connectivity index (χ1) is 13.8. The van der Waals surface area contributed by atoms with Crippen LogP contribution in [0.15, 0.2) is 76.1 Å². The van der Waals surface area contributed by atoms with E-state index in [0.29, 0.717) is 23.9 Å². The maximum absolute atomic E-state index is 9.18. The molecule has 0 saturated heterocycles. The van der Waals surface area contributed by atoms with Gasteiger partial charge in [0.1, 0.15) is 24.2 Å². The lowest BCUT2D eigenvalue weighted by molar-refractivity contribution is 0.271. The molecule has 0 fully saturated rings. The summed E-state index contributed by atoms with van der Waals surface area (Å²) in [7, 11) is 0. The van der Waals surface area contributed by atoms with E-state index in [1.165, 1.54) is 0 Å². The fraction of sp³-hybridized carbons (Fsp3) is 0.0909. The summed E-state index contributed by atoms with van der Waals surface area (Å²) in [5, 5.41) is 14.4. The molecule has 0 amide bonds. The molecule has 0 aliphatic rings. The summed E-state index contributed by atoms with van der Waals surface area (Å²) >= 11 is 0. The second-order valence-electron chi connectivity index (χ2n) is 6.04. The van der Waals surface area contributed by atoms with Gasteiger partial charge in [0, 0.05) is 6.54 Å². The molecule has 2 aromatic heterocycles. The number of benzene rings is 2. The average Bonchev–Trinajstić information content (AvgIpc) is 3.37. The Kier molecular flexibility index (Phi) is 4.81. The van der Waals surface area contributed by atoms with Crippen LogP contribution in [0.1, 0.15) is 11.5 Å². The van der Waals surface area contributed by atoms with Gasteiger partial charge in [0.15, 0.2) is 5.76 Å². The van der Waals surface area contributed by atoms with Gasteiger partial charge in [-0.15, -0.1) is 6.58 Å². The molecule has 4 rings (SSSR count). The highest BCUT2D eigenvalue weighted by Gasteiger charge is 2.17. The minimum Gasteiger partial charge on any atom is -0.486 e. The molecule has 4 aromatic rings. The zero-order valence-electron chi connectivity index (χ0n) is 15.0. The van der Waals surface area contributed by atoms with Gasteiger partial charge in [0.25, 0.3) is 5.89 Å². The summed E-state index contributed by atoms with van der Waals surface area (Å²) in [6.07, 6.45) is 1.67. The first-order valence-electron chi connectivity index (χ1n) is 8.73. The number of aromatic nitrogens is 1. The van der Waals surface area contributed by atoms with Crippen molar-refractivity contribution in [1.82, 2.24) is 4.98 Å². The van der Waals surface area contributed by atoms with Crippen LogP contribution >= 0.6 is 0 Å². The first-order valence-corrected chi connectivity index (χ1v) is 8.73. The topological polar surface area (TPSA) is 84.2 Å². The van der Waals surface area contributed by atoms with Crippen LogP contribution in [0.4, 0.5) is 5.88 Å². The molecule has 2 heterocycles. The number of oxazole rings is 1. The van der Waals surface area contributed by atoms with E-state index < -0.39 is 0 Å². The number of nitrogens with zero attached hydrogens (tertiary/aromatic N) is 2. The van der Waals surface area contributed by atoms with Gasteiger partial charge >= 0.3 is 0 Å². The minimum atomic E-state index is 0.169. The molecular formula is C22H17N3O3. The summed E-state index contributed by atoms with van der Waals surface area (Å²) in [6.45, 7) is 4.36. The van der Waals surface area contributed by atoms with Crippen LogP contribution in [-0.4, -0.2) is 11.5 Å². The van der Waals surface area contributed by atoms with Gasteiger partial charge in [-0.3, -0.25) is 0 Å². The Morgan fingerprint density at radius 1 is 1.11 bits per heavy atom. The van der Waals surface area contributed by atoms with Gasteiger partial charge in [-0.05, 0) is 35.0 Å². The second-order valence-corrected chi connectivity index (χ2v) is 6.04. The lowest BCUT2D eigenvalue weighted by atomic mass is 10.1. The Bertz CT molecular complexity index is 1170. The molecule has 0 aliphatic carbocycles. The van der Waals surface area contributed by atoms with Gasteiger partial charge < -0.3 is 18.9 Å². The second kappa shape index (κ2) is 7.72. The largest absolute Gasteiger partial charge is 0.486 e. The molecule has 0 aliphatic heterocycles. The van der Waals surface area contributed by atoms with Crippen LogP contribution in [-0.2, 0) is 6.61 Å². The number of nitrogens with one attached hydrogen (secondary N) is 1. The molecule has 0 saturated carbocycles. The van der Waals surface area contributed by atoms with Crippen LogP contribution in [0, 0.1) is 11.3 Å². The van der Waals surface area contributed by atoms with E-state index >= 15 is 0 Å². The summed E-state index contributed by atoms with van der Waals surface area (Å²) in [5.74, 6) is 2.35. The highest BCUT2D eigenvalue weighted by molar-refractivity contribution is 5.83. The number of hydrogen-bond donors (Lipinski definition) is 1. The molecule has 2 aromatic carbocycles. The molecule has 1 N–H and O–H groups in total. The van der Waals surface area contributed by atoms with Crippen molar-refractivity contribution in [2.75, 3.05) is 11.9 Å². The van der Waals surface area contributed by atoms with Gasteiger partial charge in [-0.1, -0.05) is 36.4 Å². The monoisotopic (exact) mass is 371 g/mol. The summed E-state index contributed by atoms with van der Waals surface area (Å²) in [6, 6.07) is 19.6. The van der Waals surface area contributed by atoms with Crippen molar-refractivity contribution in [3.8, 4) is 23.5 Å². The highest BCUT2D eigenvalue weighted by atomic mass is 16.5. The molecule has 0 radical (unpaired) electrons.